The zero-order valence-electron chi connectivity index (χ0n) is 14.1. The molecule has 0 saturated carbocycles. The summed E-state index contributed by atoms with van der Waals surface area (Å²) in [6.45, 7) is 7.24. The van der Waals surface area contributed by atoms with Gasteiger partial charge in [-0.1, -0.05) is 20.8 Å². The number of aromatic nitrogens is 6. The number of hydrogen-bond acceptors (Lipinski definition) is 4. The van der Waals surface area contributed by atoms with Crippen LogP contribution in [0.1, 0.15) is 44.0 Å². The first-order valence-electron chi connectivity index (χ1n) is 8.24. The maximum atomic E-state index is 4.82. The largest absolute Gasteiger partial charge is 0.281 e. The van der Waals surface area contributed by atoms with Crippen LogP contribution in [0.15, 0.2) is 36.8 Å². The Balaban J connectivity index is 1.74. The third-order valence-electron chi connectivity index (χ3n) is 4.41. The number of nitrogens with one attached hydrogen (secondary N) is 1. The molecule has 122 valence electrons. The monoisotopic (exact) mass is 320 g/mol. The zero-order valence-corrected chi connectivity index (χ0v) is 14.1. The van der Waals surface area contributed by atoms with E-state index in [4.69, 9.17) is 5.10 Å². The van der Waals surface area contributed by atoms with Gasteiger partial charge in [-0.2, -0.15) is 10.2 Å². The lowest BCUT2D eigenvalue weighted by Gasteiger charge is -2.11. The first-order chi connectivity index (χ1) is 11.6. The van der Waals surface area contributed by atoms with Crippen LogP contribution < -0.4 is 0 Å². The Morgan fingerprint density at radius 2 is 2.00 bits per heavy atom. The highest BCUT2D eigenvalue weighted by Gasteiger charge is 2.18. The molecule has 4 aromatic rings. The minimum absolute atomic E-state index is 0.226. The minimum atomic E-state index is 0.226. The van der Waals surface area contributed by atoms with E-state index in [1.807, 2.05) is 29.2 Å². The molecule has 4 aromatic heterocycles. The standard InChI is InChI=1S/C18H20N6/c1-11(2)16-13-5-4-7-20-18(13)24(23-16)10-12(3)17-14-9-19-8-6-15(14)21-22-17/h4-9,11-12H,10H2,1-3H3,(H,21,22). The minimum Gasteiger partial charge on any atom is -0.281 e. The van der Waals surface area contributed by atoms with Gasteiger partial charge >= 0.3 is 0 Å². The van der Waals surface area contributed by atoms with Crippen LogP contribution in [0.4, 0.5) is 0 Å². The first kappa shape index (κ1) is 14.8. The lowest BCUT2D eigenvalue weighted by molar-refractivity contribution is 0.538. The molecular formula is C18H20N6. The number of pyridine rings is 2. The molecule has 0 radical (unpaired) electrons. The van der Waals surface area contributed by atoms with Gasteiger partial charge in [-0.3, -0.25) is 10.1 Å². The molecule has 4 rings (SSSR count). The topological polar surface area (TPSA) is 72.3 Å². The molecule has 0 aliphatic rings. The van der Waals surface area contributed by atoms with Crippen molar-refractivity contribution in [2.75, 3.05) is 0 Å². The normalized spacial score (nSPS) is 13.2. The molecule has 0 spiro atoms. The van der Waals surface area contributed by atoms with Gasteiger partial charge in [-0.05, 0) is 24.1 Å². The van der Waals surface area contributed by atoms with E-state index in [1.165, 1.54) is 0 Å². The van der Waals surface area contributed by atoms with Gasteiger partial charge in [0.15, 0.2) is 5.65 Å². The smallest absolute Gasteiger partial charge is 0.158 e. The molecule has 0 amide bonds. The molecule has 0 aliphatic heterocycles. The van der Waals surface area contributed by atoms with Crippen molar-refractivity contribution in [3.63, 3.8) is 0 Å². The van der Waals surface area contributed by atoms with Gasteiger partial charge in [-0.25, -0.2) is 9.67 Å². The summed E-state index contributed by atoms with van der Waals surface area (Å²) in [5.74, 6) is 0.592. The fraction of sp³-hybridized carbons (Fsp3) is 0.333. The summed E-state index contributed by atoms with van der Waals surface area (Å²) in [6.07, 6.45) is 5.45. The SMILES string of the molecule is CC(C)c1nn(CC(C)c2[nH]nc3ccncc23)c2ncccc12. The van der Waals surface area contributed by atoms with E-state index in [2.05, 4.69) is 47.0 Å². The molecule has 4 heterocycles. The summed E-state index contributed by atoms with van der Waals surface area (Å²) in [5, 5.41) is 14.6. The van der Waals surface area contributed by atoms with Crippen molar-refractivity contribution in [2.45, 2.75) is 39.2 Å². The van der Waals surface area contributed by atoms with E-state index in [0.717, 1.165) is 39.9 Å². The van der Waals surface area contributed by atoms with Gasteiger partial charge in [0.1, 0.15) is 0 Å². The second kappa shape index (κ2) is 5.70. The summed E-state index contributed by atoms with van der Waals surface area (Å²) in [6, 6.07) is 5.99. The predicted octanol–water partition coefficient (Wildman–Crippen LogP) is 3.63. The summed E-state index contributed by atoms with van der Waals surface area (Å²) in [7, 11) is 0. The summed E-state index contributed by atoms with van der Waals surface area (Å²) >= 11 is 0. The number of hydrogen-bond donors (Lipinski definition) is 1. The molecule has 0 aromatic carbocycles. The molecule has 0 saturated heterocycles. The van der Waals surface area contributed by atoms with Crippen molar-refractivity contribution in [1.82, 2.24) is 29.9 Å². The van der Waals surface area contributed by atoms with Crippen LogP contribution in [0.5, 0.6) is 0 Å². The van der Waals surface area contributed by atoms with Gasteiger partial charge in [0.25, 0.3) is 0 Å². The number of aromatic amines is 1. The van der Waals surface area contributed by atoms with Crippen molar-refractivity contribution in [3.8, 4) is 0 Å². The maximum Gasteiger partial charge on any atom is 0.158 e. The molecule has 24 heavy (non-hydrogen) atoms. The van der Waals surface area contributed by atoms with Crippen LogP contribution in [0.2, 0.25) is 0 Å². The Kier molecular flexibility index (Phi) is 3.52. The Labute approximate surface area is 139 Å². The third-order valence-corrected chi connectivity index (χ3v) is 4.41. The average Bonchev–Trinajstić information content (AvgIpc) is 3.17. The predicted molar refractivity (Wildman–Crippen MR) is 93.9 cm³/mol. The Hall–Kier alpha value is -2.76. The van der Waals surface area contributed by atoms with Gasteiger partial charge in [0.2, 0.25) is 0 Å². The number of nitrogens with zero attached hydrogens (tertiary/aromatic N) is 5. The summed E-state index contributed by atoms with van der Waals surface area (Å²) in [5.41, 5.74) is 4.07. The number of H-pyrrole nitrogens is 1. The second-order valence-corrected chi connectivity index (χ2v) is 6.53. The lowest BCUT2D eigenvalue weighted by Crippen LogP contribution is -2.09. The van der Waals surface area contributed by atoms with Gasteiger partial charge in [-0.15, -0.1) is 0 Å². The molecule has 1 N–H and O–H groups in total. The van der Waals surface area contributed by atoms with Crippen LogP contribution in [-0.4, -0.2) is 29.9 Å². The van der Waals surface area contributed by atoms with Gasteiger partial charge in [0.05, 0.1) is 17.8 Å². The number of fused-ring (bicyclic) bond motifs is 2. The van der Waals surface area contributed by atoms with Crippen LogP contribution in [-0.2, 0) is 6.54 Å². The van der Waals surface area contributed by atoms with Crippen molar-refractivity contribution in [3.05, 3.63) is 48.2 Å². The highest BCUT2D eigenvalue weighted by atomic mass is 15.3. The van der Waals surface area contributed by atoms with Crippen molar-refractivity contribution in [2.24, 2.45) is 0 Å². The average molecular weight is 320 g/mol. The maximum absolute atomic E-state index is 4.82. The van der Waals surface area contributed by atoms with Crippen molar-refractivity contribution < 1.29 is 0 Å². The molecule has 1 unspecified atom stereocenters. The van der Waals surface area contributed by atoms with Crippen LogP contribution in [0.3, 0.4) is 0 Å². The Morgan fingerprint density at radius 3 is 2.83 bits per heavy atom. The molecule has 0 fully saturated rings. The summed E-state index contributed by atoms with van der Waals surface area (Å²) < 4.78 is 2.01. The molecule has 0 bridgehead atoms. The van der Waals surface area contributed by atoms with Gasteiger partial charge in [0, 0.05) is 41.0 Å². The molecular weight excluding hydrogens is 300 g/mol. The quantitative estimate of drug-likeness (QED) is 0.623. The molecule has 6 heteroatoms. The fourth-order valence-corrected chi connectivity index (χ4v) is 3.19. The van der Waals surface area contributed by atoms with Crippen LogP contribution in [0.25, 0.3) is 21.9 Å². The highest BCUT2D eigenvalue weighted by Crippen LogP contribution is 2.27. The number of rotatable bonds is 4. The van der Waals surface area contributed by atoms with E-state index in [1.54, 1.807) is 6.20 Å². The molecule has 6 nitrogen and oxygen atoms in total. The van der Waals surface area contributed by atoms with E-state index in [9.17, 15) is 0 Å². The Bertz CT molecular complexity index is 997. The second-order valence-electron chi connectivity index (χ2n) is 6.53. The van der Waals surface area contributed by atoms with E-state index < -0.39 is 0 Å². The van der Waals surface area contributed by atoms with E-state index in [-0.39, 0.29) is 5.92 Å². The van der Waals surface area contributed by atoms with Gasteiger partial charge < -0.3 is 0 Å². The lowest BCUT2D eigenvalue weighted by atomic mass is 10.1. The van der Waals surface area contributed by atoms with E-state index in [0.29, 0.717) is 5.92 Å². The van der Waals surface area contributed by atoms with Crippen LogP contribution >= 0.6 is 0 Å². The molecule has 1 atom stereocenters. The van der Waals surface area contributed by atoms with Crippen molar-refractivity contribution in [1.29, 1.82) is 0 Å². The zero-order chi connectivity index (χ0) is 16.7. The first-order valence-corrected chi connectivity index (χ1v) is 8.24. The van der Waals surface area contributed by atoms with Crippen molar-refractivity contribution >= 4 is 21.9 Å². The molecule has 0 aliphatic carbocycles. The third kappa shape index (κ3) is 2.35. The highest BCUT2D eigenvalue weighted by molar-refractivity contribution is 5.81. The Morgan fingerprint density at radius 1 is 1.12 bits per heavy atom. The van der Waals surface area contributed by atoms with Crippen LogP contribution in [0, 0.1) is 0 Å². The summed E-state index contributed by atoms with van der Waals surface area (Å²) in [4.78, 5) is 8.76. The fourth-order valence-electron chi connectivity index (χ4n) is 3.19. The van der Waals surface area contributed by atoms with E-state index >= 15 is 0 Å².